The number of aromatic nitrogens is 2. The predicted octanol–water partition coefficient (Wildman–Crippen LogP) is 0.681. The number of nitrogens with one attached hydrogen (secondary N) is 1. The van der Waals surface area contributed by atoms with Gasteiger partial charge in [0.25, 0.3) is 5.56 Å². The Balaban J connectivity index is 2.26. The van der Waals surface area contributed by atoms with E-state index in [4.69, 9.17) is 10.8 Å². The smallest absolute Gasteiger partial charge is 0.283 e. The molecule has 0 bridgehead atoms. The molecule has 1 heterocycles. The first-order valence-corrected chi connectivity index (χ1v) is 7.26. The molecule has 1 fully saturated rings. The first-order chi connectivity index (χ1) is 9.12. The van der Waals surface area contributed by atoms with Crippen LogP contribution < -0.4 is 16.6 Å². The van der Waals surface area contributed by atoms with E-state index < -0.39 is 0 Å². The van der Waals surface area contributed by atoms with Crippen LogP contribution in [0.15, 0.2) is 15.5 Å². The highest BCUT2D eigenvalue weighted by atomic mass is 79.9. The van der Waals surface area contributed by atoms with Crippen LogP contribution in [-0.2, 0) is 6.54 Å². The Morgan fingerprint density at radius 3 is 2.79 bits per heavy atom. The Bertz CT molecular complexity index is 497. The summed E-state index contributed by atoms with van der Waals surface area (Å²) in [6.07, 6.45) is 5.93. The molecule has 0 saturated heterocycles. The summed E-state index contributed by atoms with van der Waals surface area (Å²) in [7, 11) is 0. The van der Waals surface area contributed by atoms with Gasteiger partial charge in [0.1, 0.15) is 4.47 Å². The summed E-state index contributed by atoms with van der Waals surface area (Å²) in [5, 5.41) is 16.3. The first-order valence-electron chi connectivity index (χ1n) is 6.46. The van der Waals surface area contributed by atoms with E-state index in [2.05, 4.69) is 26.3 Å². The van der Waals surface area contributed by atoms with Crippen LogP contribution in [0.3, 0.4) is 0 Å². The van der Waals surface area contributed by atoms with Crippen LogP contribution in [-0.4, -0.2) is 33.6 Å². The molecule has 0 amide bonds. The molecule has 19 heavy (non-hydrogen) atoms. The first kappa shape index (κ1) is 14.5. The Labute approximate surface area is 120 Å². The maximum atomic E-state index is 12.0. The van der Waals surface area contributed by atoms with Gasteiger partial charge in [-0.3, -0.25) is 4.79 Å². The SMILES string of the molecule is NCC1(Nc2cnn(CCO)c(=O)c2Br)CCCC1. The molecule has 1 aliphatic rings. The van der Waals surface area contributed by atoms with Crippen molar-refractivity contribution in [3.05, 3.63) is 21.0 Å². The van der Waals surface area contributed by atoms with Crippen LogP contribution in [0.5, 0.6) is 0 Å². The molecular weight excluding hydrogens is 312 g/mol. The van der Waals surface area contributed by atoms with E-state index >= 15 is 0 Å². The van der Waals surface area contributed by atoms with Gasteiger partial charge in [0, 0.05) is 12.1 Å². The highest BCUT2D eigenvalue weighted by molar-refractivity contribution is 9.10. The van der Waals surface area contributed by atoms with Gasteiger partial charge >= 0.3 is 0 Å². The minimum atomic E-state index is -0.246. The summed E-state index contributed by atoms with van der Waals surface area (Å²) in [6, 6.07) is 0. The quantitative estimate of drug-likeness (QED) is 0.738. The lowest BCUT2D eigenvalue weighted by Crippen LogP contribution is -2.43. The number of nitrogens with two attached hydrogens (primary N) is 1. The van der Waals surface area contributed by atoms with Gasteiger partial charge < -0.3 is 16.2 Å². The van der Waals surface area contributed by atoms with Gasteiger partial charge in [-0.2, -0.15) is 5.10 Å². The second-order valence-electron chi connectivity index (χ2n) is 4.94. The molecule has 6 nitrogen and oxygen atoms in total. The molecule has 106 valence electrons. The minimum absolute atomic E-state index is 0.112. The second-order valence-corrected chi connectivity index (χ2v) is 5.73. The Morgan fingerprint density at radius 2 is 2.21 bits per heavy atom. The van der Waals surface area contributed by atoms with Crippen molar-refractivity contribution in [2.75, 3.05) is 18.5 Å². The fraction of sp³-hybridized carbons (Fsp3) is 0.667. The Morgan fingerprint density at radius 1 is 1.53 bits per heavy atom. The topological polar surface area (TPSA) is 93.2 Å². The Kier molecular flexibility index (Phi) is 4.59. The average Bonchev–Trinajstić information content (AvgIpc) is 2.88. The van der Waals surface area contributed by atoms with Gasteiger partial charge in [0.15, 0.2) is 0 Å². The molecule has 1 aliphatic carbocycles. The number of rotatable bonds is 5. The van der Waals surface area contributed by atoms with Crippen molar-refractivity contribution in [3.63, 3.8) is 0 Å². The molecule has 0 unspecified atom stereocenters. The molecule has 1 saturated carbocycles. The summed E-state index contributed by atoms with van der Waals surface area (Å²) >= 11 is 3.30. The third-order valence-electron chi connectivity index (χ3n) is 3.65. The number of hydrogen-bond donors (Lipinski definition) is 3. The van der Waals surface area contributed by atoms with Crippen LogP contribution in [0.4, 0.5) is 5.69 Å². The summed E-state index contributed by atoms with van der Waals surface area (Å²) in [4.78, 5) is 12.0. The average molecular weight is 331 g/mol. The molecule has 0 radical (unpaired) electrons. The standard InChI is InChI=1S/C12H19BrN4O2/c13-10-9(7-15-17(5-6-18)11(10)19)16-12(8-14)3-1-2-4-12/h7,16,18H,1-6,8,14H2. The molecule has 0 aliphatic heterocycles. The second kappa shape index (κ2) is 6.02. The fourth-order valence-corrected chi connectivity index (χ4v) is 2.93. The van der Waals surface area contributed by atoms with Crippen LogP contribution in [0.1, 0.15) is 25.7 Å². The molecule has 0 spiro atoms. The highest BCUT2D eigenvalue weighted by Crippen LogP contribution is 2.33. The number of hydrogen-bond acceptors (Lipinski definition) is 5. The summed E-state index contributed by atoms with van der Waals surface area (Å²) in [5.74, 6) is 0. The zero-order valence-corrected chi connectivity index (χ0v) is 12.3. The number of halogens is 1. The van der Waals surface area contributed by atoms with Gasteiger partial charge in [-0.15, -0.1) is 0 Å². The molecule has 1 aromatic heterocycles. The van der Waals surface area contributed by atoms with Gasteiger partial charge in [-0.25, -0.2) is 4.68 Å². The van der Waals surface area contributed by atoms with Crippen molar-refractivity contribution in [2.45, 2.75) is 37.8 Å². The van der Waals surface area contributed by atoms with Crippen molar-refractivity contribution in [3.8, 4) is 0 Å². The number of nitrogens with zero attached hydrogens (tertiary/aromatic N) is 2. The van der Waals surface area contributed by atoms with E-state index in [1.165, 1.54) is 4.68 Å². The van der Waals surface area contributed by atoms with Crippen LogP contribution >= 0.6 is 15.9 Å². The van der Waals surface area contributed by atoms with Gasteiger partial charge in [0.05, 0.1) is 25.0 Å². The van der Waals surface area contributed by atoms with Gasteiger partial charge in [-0.1, -0.05) is 12.8 Å². The fourth-order valence-electron chi connectivity index (χ4n) is 2.52. The van der Waals surface area contributed by atoms with Crippen molar-refractivity contribution in [2.24, 2.45) is 5.73 Å². The van der Waals surface area contributed by atoms with E-state index in [1.54, 1.807) is 6.20 Å². The number of anilines is 1. The molecule has 0 aromatic carbocycles. The third-order valence-corrected chi connectivity index (χ3v) is 4.41. The number of aliphatic hydroxyl groups is 1. The summed E-state index contributed by atoms with van der Waals surface area (Å²) < 4.78 is 1.68. The van der Waals surface area contributed by atoms with E-state index in [1.807, 2.05) is 0 Å². The maximum absolute atomic E-state index is 12.0. The van der Waals surface area contributed by atoms with Gasteiger partial charge in [0.2, 0.25) is 0 Å². The van der Waals surface area contributed by atoms with E-state index in [0.29, 0.717) is 16.7 Å². The van der Waals surface area contributed by atoms with E-state index in [9.17, 15) is 4.79 Å². The van der Waals surface area contributed by atoms with Crippen molar-refractivity contribution >= 4 is 21.6 Å². The lowest BCUT2D eigenvalue weighted by molar-refractivity contribution is 0.266. The zero-order valence-electron chi connectivity index (χ0n) is 10.7. The highest BCUT2D eigenvalue weighted by Gasteiger charge is 2.33. The zero-order chi connectivity index (χ0) is 13.9. The lowest BCUT2D eigenvalue weighted by atomic mass is 9.97. The van der Waals surface area contributed by atoms with Gasteiger partial charge in [-0.05, 0) is 28.8 Å². The monoisotopic (exact) mass is 330 g/mol. The van der Waals surface area contributed by atoms with Crippen LogP contribution in [0.25, 0.3) is 0 Å². The Hall–Kier alpha value is -0.920. The lowest BCUT2D eigenvalue weighted by Gasteiger charge is -2.30. The number of aliphatic hydroxyl groups excluding tert-OH is 1. The van der Waals surface area contributed by atoms with Crippen molar-refractivity contribution < 1.29 is 5.11 Å². The molecule has 4 N–H and O–H groups in total. The molecular formula is C12H19BrN4O2. The summed E-state index contributed by atoms with van der Waals surface area (Å²) in [6.45, 7) is 0.623. The van der Waals surface area contributed by atoms with Crippen LogP contribution in [0.2, 0.25) is 0 Å². The summed E-state index contributed by atoms with van der Waals surface area (Å²) in [5.41, 5.74) is 6.17. The van der Waals surface area contributed by atoms with Crippen molar-refractivity contribution in [1.29, 1.82) is 0 Å². The molecule has 7 heteroatoms. The molecule has 1 aromatic rings. The molecule has 2 rings (SSSR count). The largest absolute Gasteiger partial charge is 0.394 e. The van der Waals surface area contributed by atoms with Crippen LogP contribution in [0, 0.1) is 0 Å². The maximum Gasteiger partial charge on any atom is 0.283 e. The van der Waals surface area contributed by atoms with E-state index in [-0.39, 0.29) is 24.2 Å². The molecule has 0 atom stereocenters. The third kappa shape index (κ3) is 2.98. The van der Waals surface area contributed by atoms with E-state index in [0.717, 1.165) is 25.7 Å². The van der Waals surface area contributed by atoms with Crippen molar-refractivity contribution in [1.82, 2.24) is 9.78 Å². The minimum Gasteiger partial charge on any atom is -0.394 e. The normalized spacial score (nSPS) is 17.6. The predicted molar refractivity (Wildman–Crippen MR) is 77.2 cm³/mol.